The maximum atomic E-state index is 11.7. The lowest BCUT2D eigenvalue weighted by Crippen LogP contribution is -2.00. The zero-order chi connectivity index (χ0) is 20.4. The Kier molecular flexibility index (Phi) is 5.36. The van der Waals surface area contributed by atoms with Crippen LogP contribution in [0.15, 0.2) is 65.1 Å². The zero-order valence-corrected chi connectivity index (χ0v) is 16.7. The zero-order valence-electron chi connectivity index (χ0n) is 16.0. The summed E-state index contributed by atoms with van der Waals surface area (Å²) < 4.78 is 6.00. The van der Waals surface area contributed by atoms with Crippen molar-refractivity contribution in [1.82, 2.24) is 4.98 Å². The lowest BCUT2D eigenvalue weighted by atomic mass is 10.1. The van der Waals surface area contributed by atoms with Crippen LogP contribution in [0.25, 0.3) is 33.7 Å². The monoisotopic (exact) mass is 405 g/mol. The van der Waals surface area contributed by atoms with Crippen LogP contribution < -0.4 is 0 Å². The van der Waals surface area contributed by atoms with E-state index in [1.807, 2.05) is 24.3 Å². The number of aryl methyl sites for hydroxylation is 1. The molecular weight excluding hydrogens is 386 g/mol. The summed E-state index contributed by atoms with van der Waals surface area (Å²) in [6, 6.07) is 18.5. The van der Waals surface area contributed by atoms with Crippen molar-refractivity contribution in [3.05, 3.63) is 76.8 Å². The highest BCUT2D eigenvalue weighted by Crippen LogP contribution is 2.31. The van der Waals surface area contributed by atoms with Crippen LogP contribution >= 0.6 is 11.6 Å². The SMILES string of the molecule is CCCCc1ccc(-c2ccc(-c3cc(C(=O)O)c4ccc(Cl)cc4n3)o2)cc1. The molecule has 1 N–H and O–H groups in total. The summed E-state index contributed by atoms with van der Waals surface area (Å²) in [4.78, 5) is 16.3. The number of aromatic carboxylic acids is 1. The van der Waals surface area contributed by atoms with Crippen LogP contribution in [-0.4, -0.2) is 16.1 Å². The summed E-state index contributed by atoms with van der Waals surface area (Å²) in [6.07, 6.45) is 3.42. The second-order valence-corrected chi connectivity index (χ2v) is 7.42. The number of pyridine rings is 1. The molecule has 2 aromatic carbocycles. The van der Waals surface area contributed by atoms with E-state index >= 15 is 0 Å². The number of fused-ring (bicyclic) bond motifs is 1. The Morgan fingerprint density at radius 1 is 1.03 bits per heavy atom. The number of benzene rings is 2. The molecule has 0 radical (unpaired) electrons. The first-order valence-corrected chi connectivity index (χ1v) is 9.96. The summed E-state index contributed by atoms with van der Waals surface area (Å²) in [5.74, 6) is 0.210. The van der Waals surface area contributed by atoms with Gasteiger partial charge in [0.25, 0.3) is 0 Å². The first kappa shape index (κ1) is 19.2. The van der Waals surface area contributed by atoms with E-state index in [1.54, 1.807) is 18.2 Å². The van der Waals surface area contributed by atoms with Crippen molar-refractivity contribution >= 4 is 28.5 Å². The van der Waals surface area contributed by atoms with Gasteiger partial charge in [-0.2, -0.15) is 0 Å². The van der Waals surface area contributed by atoms with Crippen molar-refractivity contribution in [3.8, 4) is 22.8 Å². The fraction of sp³-hybridized carbons (Fsp3) is 0.167. The van der Waals surface area contributed by atoms with Gasteiger partial charge in [-0.25, -0.2) is 9.78 Å². The quantitative estimate of drug-likeness (QED) is 0.380. The minimum absolute atomic E-state index is 0.167. The smallest absolute Gasteiger partial charge is 0.336 e. The van der Waals surface area contributed by atoms with E-state index in [1.165, 1.54) is 24.5 Å². The molecule has 0 unspecified atom stereocenters. The fourth-order valence-corrected chi connectivity index (χ4v) is 3.52. The van der Waals surface area contributed by atoms with Crippen LogP contribution in [0.5, 0.6) is 0 Å². The van der Waals surface area contributed by atoms with Crippen molar-refractivity contribution < 1.29 is 14.3 Å². The van der Waals surface area contributed by atoms with Crippen molar-refractivity contribution in [2.75, 3.05) is 0 Å². The van der Waals surface area contributed by atoms with Gasteiger partial charge in [0.05, 0.1) is 11.1 Å². The predicted molar refractivity (Wildman–Crippen MR) is 115 cm³/mol. The summed E-state index contributed by atoms with van der Waals surface area (Å²) in [5, 5.41) is 10.6. The average molecular weight is 406 g/mol. The molecule has 0 atom stereocenters. The fourth-order valence-electron chi connectivity index (χ4n) is 3.35. The highest BCUT2D eigenvalue weighted by molar-refractivity contribution is 6.31. The van der Waals surface area contributed by atoms with Gasteiger partial charge >= 0.3 is 5.97 Å². The Labute approximate surface area is 173 Å². The van der Waals surface area contributed by atoms with Gasteiger partial charge in [-0.15, -0.1) is 0 Å². The highest BCUT2D eigenvalue weighted by atomic mass is 35.5. The Hall–Kier alpha value is -3.11. The van der Waals surface area contributed by atoms with E-state index in [0.29, 0.717) is 33.1 Å². The number of rotatable bonds is 6. The molecule has 4 nitrogen and oxygen atoms in total. The van der Waals surface area contributed by atoms with Gasteiger partial charge in [-0.3, -0.25) is 0 Å². The molecular formula is C24H20ClNO3. The topological polar surface area (TPSA) is 63.3 Å². The van der Waals surface area contributed by atoms with Gasteiger partial charge < -0.3 is 9.52 Å². The van der Waals surface area contributed by atoms with E-state index in [2.05, 4.69) is 24.0 Å². The maximum Gasteiger partial charge on any atom is 0.336 e. The summed E-state index contributed by atoms with van der Waals surface area (Å²) in [6.45, 7) is 2.18. The third-order valence-corrected chi connectivity index (χ3v) is 5.15. The van der Waals surface area contributed by atoms with Gasteiger partial charge in [0.15, 0.2) is 5.76 Å². The van der Waals surface area contributed by atoms with E-state index < -0.39 is 5.97 Å². The van der Waals surface area contributed by atoms with Crippen LogP contribution in [0.1, 0.15) is 35.7 Å². The molecule has 2 aromatic heterocycles. The molecule has 0 amide bonds. The Balaban J connectivity index is 1.70. The second kappa shape index (κ2) is 8.10. The number of hydrogen-bond acceptors (Lipinski definition) is 3. The number of unbranched alkanes of at least 4 members (excludes halogenated alkanes) is 1. The van der Waals surface area contributed by atoms with Crippen LogP contribution in [-0.2, 0) is 6.42 Å². The minimum atomic E-state index is -1.02. The van der Waals surface area contributed by atoms with Crippen LogP contribution in [0.3, 0.4) is 0 Å². The number of hydrogen-bond donors (Lipinski definition) is 1. The van der Waals surface area contributed by atoms with E-state index in [-0.39, 0.29) is 5.56 Å². The number of halogens is 1. The highest BCUT2D eigenvalue weighted by Gasteiger charge is 2.16. The molecule has 0 aliphatic rings. The summed E-state index contributed by atoms with van der Waals surface area (Å²) in [7, 11) is 0. The first-order valence-electron chi connectivity index (χ1n) is 9.58. The molecule has 4 rings (SSSR count). The molecule has 0 saturated heterocycles. The van der Waals surface area contributed by atoms with Crippen molar-refractivity contribution in [2.24, 2.45) is 0 Å². The largest absolute Gasteiger partial charge is 0.478 e. The molecule has 0 aliphatic carbocycles. The Bertz CT molecular complexity index is 1180. The lowest BCUT2D eigenvalue weighted by molar-refractivity contribution is 0.0699. The molecule has 0 bridgehead atoms. The molecule has 4 aromatic rings. The standard InChI is InChI=1S/C24H20ClNO3/c1-2-3-4-15-5-7-16(8-6-15)22-11-12-23(29-22)21-14-19(24(27)28)18-10-9-17(25)13-20(18)26-21/h5-14H,2-4H2,1H3,(H,27,28). The van der Waals surface area contributed by atoms with E-state index in [9.17, 15) is 9.90 Å². The third kappa shape index (κ3) is 4.03. The lowest BCUT2D eigenvalue weighted by Gasteiger charge is -2.06. The number of nitrogens with zero attached hydrogens (tertiary/aromatic N) is 1. The maximum absolute atomic E-state index is 11.7. The van der Waals surface area contributed by atoms with Crippen molar-refractivity contribution in [3.63, 3.8) is 0 Å². The number of aromatic nitrogens is 1. The molecule has 2 heterocycles. The van der Waals surface area contributed by atoms with Crippen LogP contribution in [0.2, 0.25) is 5.02 Å². The van der Waals surface area contributed by atoms with Crippen molar-refractivity contribution in [1.29, 1.82) is 0 Å². The molecule has 29 heavy (non-hydrogen) atoms. The number of carboxylic acid groups (broad SMARTS) is 1. The normalized spacial score (nSPS) is 11.1. The second-order valence-electron chi connectivity index (χ2n) is 6.99. The van der Waals surface area contributed by atoms with Crippen LogP contribution in [0, 0.1) is 0 Å². The van der Waals surface area contributed by atoms with Crippen LogP contribution in [0.4, 0.5) is 0 Å². The Morgan fingerprint density at radius 2 is 1.79 bits per heavy atom. The van der Waals surface area contributed by atoms with Gasteiger partial charge in [0.1, 0.15) is 11.5 Å². The third-order valence-electron chi connectivity index (χ3n) is 4.92. The van der Waals surface area contributed by atoms with E-state index in [0.717, 1.165) is 12.0 Å². The summed E-state index contributed by atoms with van der Waals surface area (Å²) in [5.41, 5.74) is 3.42. The Morgan fingerprint density at radius 3 is 2.52 bits per heavy atom. The number of carboxylic acids is 1. The molecule has 146 valence electrons. The molecule has 0 fully saturated rings. The van der Waals surface area contributed by atoms with Gasteiger partial charge in [0, 0.05) is 16.0 Å². The number of furan rings is 1. The van der Waals surface area contributed by atoms with Gasteiger partial charge in [-0.05, 0) is 48.7 Å². The van der Waals surface area contributed by atoms with Crippen molar-refractivity contribution in [2.45, 2.75) is 26.2 Å². The van der Waals surface area contributed by atoms with Gasteiger partial charge in [0.2, 0.25) is 0 Å². The van der Waals surface area contributed by atoms with E-state index in [4.69, 9.17) is 16.0 Å². The predicted octanol–water partition coefficient (Wildman–Crippen LogP) is 6.86. The number of carbonyl (C=O) groups is 1. The summed E-state index contributed by atoms with van der Waals surface area (Å²) >= 11 is 6.07. The molecule has 0 aliphatic heterocycles. The molecule has 0 spiro atoms. The molecule has 5 heteroatoms. The van der Waals surface area contributed by atoms with Gasteiger partial charge in [-0.1, -0.05) is 55.3 Å². The molecule has 0 saturated carbocycles. The minimum Gasteiger partial charge on any atom is -0.478 e. The first-order chi connectivity index (χ1) is 14.0. The average Bonchev–Trinajstić information content (AvgIpc) is 3.21.